The summed E-state index contributed by atoms with van der Waals surface area (Å²) in [5.74, 6) is -6.36. The second-order valence-corrected chi connectivity index (χ2v) is 6.73. The molecule has 0 saturated carbocycles. The van der Waals surface area contributed by atoms with Crippen LogP contribution in [-0.2, 0) is 35.2 Å². The number of carboxylic acids is 2. The van der Waals surface area contributed by atoms with Crippen LogP contribution < -0.4 is 27.4 Å². The van der Waals surface area contributed by atoms with Crippen molar-refractivity contribution in [1.29, 1.82) is 0 Å². The minimum atomic E-state index is -1.76. The number of aromatic amines is 1. The first-order valence-corrected chi connectivity index (χ1v) is 9.32. The molecular weight excluding hydrogens is 430 g/mol. The van der Waals surface area contributed by atoms with Crippen molar-refractivity contribution < 1.29 is 39.0 Å². The van der Waals surface area contributed by atoms with Crippen LogP contribution in [0.3, 0.4) is 0 Å². The third-order valence-corrected chi connectivity index (χ3v) is 4.08. The van der Waals surface area contributed by atoms with Crippen LogP contribution in [-0.4, -0.2) is 80.4 Å². The van der Waals surface area contributed by atoms with Crippen molar-refractivity contribution in [2.75, 3.05) is 6.54 Å². The first kappa shape index (κ1) is 26.0. The molecule has 176 valence electrons. The highest BCUT2D eigenvalue weighted by Gasteiger charge is 2.28. The molecule has 1 rings (SSSR count). The Balaban J connectivity index is 2.67. The van der Waals surface area contributed by atoms with E-state index < -0.39 is 66.7 Å². The van der Waals surface area contributed by atoms with E-state index in [0.717, 1.165) is 0 Å². The van der Waals surface area contributed by atoms with Crippen LogP contribution in [0.4, 0.5) is 0 Å². The van der Waals surface area contributed by atoms with Gasteiger partial charge in [0.2, 0.25) is 23.6 Å². The lowest BCUT2D eigenvalue weighted by Crippen LogP contribution is -2.54. The highest BCUT2D eigenvalue weighted by Crippen LogP contribution is 2.01. The maximum absolute atomic E-state index is 12.4. The minimum absolute atomic E-state index is 0.136. The van der Waals surface area contributed by atoms with E-state index in [4.69, 9.17) is 21.7 Å². The van der Waals surface area contributed by atoms with Crippen molar-refractivity contribution >= 4 is 35.6 Å². The summed E-state index contributed by atoms with van der Waals surface area (Å²) >= 11 is 0. The fourth-order valence-corrected chi connectivity index (χ4v) is 2.47. The van der Waals surface area contributed by atoms with E-state index in [1.165, 1.54) is 12.5 Å². The quantitative estimate of drug-likeness (QED) is 0.135. The van der Waals surface area contributed by atoms with Crippen LogP contribution in [0.25, 0.3) is 0 Å². The molecule has 0 spiro atoms. The average molecular weight is 455 g/mol. The third-order valence-electron chi connectivity index (χ3n) is 4.08. The summed E-state index contributed by atoms with van der Waals surface area (Å²) in [4.78, 5) is 76.0. The second kappa shape index (κ2) is 12.6. The number of aliphatic carboxylic acids is 2. The van der Waals surface area contributed by atoms with Gasteiger partial charge in [-0.2, -0.15) is 0 Å². The first-order valence-electron chi connectivity index (χ1n) is 9.32. The number of carbonyl (C=O) groups excluding carboxylic acids is 4. The van der Waals surface area contributed by atoms with Gasteiger partial charge in [-0.3, -0.25) is 24.0 Å². The Morgan fingerprint density at radius 1 is 1.06 bits per heavy atom. The number of amides is 4. The van der Waals surface area contributed by atoms with E-state index in [1.807, 2.05) is 5.32 Å². The molecule has 1 aromatic rings. The molecule has 10 N–H and O–H groups in total. The number of rotatable bonds is 14. The van der Waals surface area contributed by atoms with Crippen molar-refractivity contribution in [3.05, 3.63) is 18.2 Å². The molecule has 0 radical (unpaired) electrons. The van der Waals surface area contributed by atoms with Gasteiger partial charge in [0.25, 0.3) is 0 Å². The Morgan fingerprint density at radius 3 is 2.28 bits per heavy atom. The van der Waals surface area contributed by atoms with E-state index in [2.05, 4.69) is 20.6 Å². The summed E-state index contributed by atoms with van der Waals surface area (Å²) < 4.78 is 0. The van der Waals surface area contributed by atoms with Gasteiger partial charge in [0.05, 0.1) is 25.3 Å². The SMILES string of the molecule is NC(=O)CCC(NC(=O)CNC(=O)C(N)Cc1cnc[nH]1)C(=O)NC(CC(=O)O)C(=O)O. The van der Waals surface area contributed by atoms with Gasteiger partial charge >= 0.3 is 11.9 Å². The molecule has 15 nitrogen and oxygen atoms in total. The number of nitrogens with zero attached hydrogens (tertiary/aromatic N) is 1. The number of primary amides is 1. The van der Waals surface area contributed by atoms with Crippen LogP contribution in [0.2, 0.25) is 0 Å². The number of aromatic nitrogens is 2. The van der Waals surface area contributed by atoms with Gasteiger partial charge in [-0.05, 0) is 6.42 Å². The number of hydrogen-bond acceptors (Lipinski definition) is 8. The standard InChI is InChI=1S/C17H25N7O8/c18-9(3-8-5-20-7-22-8)15(29)21-6-13(26)23-10(1-2-12(19)25)16(30)24-11(17(31)32)4-14(27)28/h5,7,9-11H,1-4,6,18H2,(H2,19,25)(H,20,22)(H,21,29)(H,23,26)(H,24,30)(H,27,28)(H,31,32). The zero-order chi connectivity index (χ0) is 24.3. The number of nitrogens with two attached hydrogens (primary N) is 2. The summed E-state index contributed by atoms with van der Waals surface area (Å²) in [5.41, 5.74) is 11.4. The van der Waals surface area contributed by atoms with Gasteiger partial charge < -0.3 is 42.6 Å². The monoisotopic (exact) mass is 455 g/mol. The molecule has 1 aromatic heterocycles. The van der Waals surface area contributed by atoms with E-state index >= 15 is 0 Å². The maximum atomic E-state index is 12.4. The van der Waals surface area contributed by atoms with Crippen LogP contribution in [0.15, 0.2) is 12.5 Å². The zero-order valence-corrected chi connectivity index (χ0v) is 16.9. The molecule has 0 aromatic carbocycles. The molecule has 0 aliphatic carbocycles. The number of carboxylic acid groups (broad SMARTS) is 2. The maximum Gasteiger partial charge on any atom is 0.326 e. The normalized spacial score (nSPS) is 13.3. The van der Waals surface area contributed by atoms with Crippen LogP contribution in [0.1, 0.15) is 25.0 Å². The molecule has 0 saturated heterocycles. The lowest BCUT2D eigenvalue weighted by molar-refractivity contribution is -0.147. The van der Waals surface area contributed by atoms with Gasteiger partial charge in [0.1, 0.15) is 12.1 Å². The van der Waals surface area contributed by atoms with E-state index in [0.29, 0.717) is 5.69 Å². The van der Waals surface area contributed by atoms with Crippen molar-refractivity contribution in [2.24, 2.45) is 11.5 Å². The van der Waals surface area contributed by atoms with E-state index in [9.17, 15) is 28.8 Å². The summed E-state index contributed by atoms with van der Waals surface area (Å²) in [7, 11) is 0. The van der Waals surface area contributed by atoms with Crippen LogP contribution in [0.5, 0.6) is 0 Å². The fourth-order valence-electron chi connectivity index (χ4n) is 2.47. The molecule has 3 unspecified atom stereocenters. The van der Waals surface area contributed by atoms with Crippen LogP contribution in [0, 0.1) is 0 Å². The molecule has 0 aliphatic rings. The van der Waals surface area contributed by atoms with Crippen molar-refractivity contribution in [3.63, 3.8) is 0 Å². The zero-order valence-electron chi connectivity index (χ0n) is 16.9. The Labute approximate surface area is 181 Å². The van der Waals surface area contributed by atoms with Gasteiger partial charge in [0.15, 0.2) is 0 Å². The first-order chi connectivity index (χ1) is 15.0. The van der Waals surface area contributed by atoms with Gasteiger partial charge in [-0.25, -0.2) is 9.78 Å². The molecule has 0 aliphatic heterocycles. The number of imidazole rings is 1. The fraction of sp³-hybridized carbons (Fsp3) is 0.471. The van der Waals surface area contributed by atoms with Crippen molar-refractivity contribution in [1.82, 2.24) is 25.9 Å². The van der Waals surface area contributed by atoms with Crippen molar-refractivity contribution in [2.45, 2.75) is 43.8 Å². The topological polar surface area (TPSA) is 260 Å². The molecule has 15 heteroatoms. The van der Waals surface area contributed by atoms with E-state index in [1.54, 1.807) is 0 Å². The largest absolute Gasteiger partial charge is 0.481 e. The Hall–Kier alpha value is -4.01. The lowest BCUT2D eigenvalue weighted by atomic mass is 10.1. The Morgan fingerprint density at radius 2 is 1.75 bits per heavy atom. The molecule has 32 heavy (non-hydrogen) atoms. The highest BCUT2D eigenvalue weighted by atomic mass is 16.4. The molecular formula is C17H25N7O8. The average Bonchev–Trinajstić information content (AvgIpc) is 3.20. The third kappa shape index (κ3) is 9.66. The Kier molecular flexibility index (Phi) is 10.3. The molecule has 4 amide bonds. The summed E-state index contributed by atoms with van der Waals surface area (Å²) in [6.45, 7) is -0.562. The molecule has 0 fully saturated rings. The minimum Gasteiger partial charge on any atom is -0.481 e. The van der Waals surface area contributed by atoms with Gasteiger partial charge in [-0.1, -0.05) is 0 Å². The van der Waals surface area contributed by atoms with Gasteiger partial charge in [-0.15, -0.1) is 0 Å². The molecule has 3 atom stereocenters. The van der Waals surface area contributed by atoms with Crippen molar-refractivity contribution in [3.8, 4) is 0 Å². The predicted molar refractivity (Wildman–Crippen MR) is 105 cm³/mol. The number of carbonyl (C=O) groups is 6. The number of H-pyrrole nitrogens is 1. The smallest absolute Gasteiger partial charge is 0.326 e. The summed E-state index contributed by atoms with van der Waals surface area (Å²) in [6.07, 6.45) is 1.53. The molecule has 0 bridgehead atoms. The second-order valence-electron chi connectivity index (χ2n) is 6.73. The Bertz CT molecular complexity index is 842. The highest BCUT2D eigenvalue weighted by molar-refractivity contribution is 5.93. The molecule has 1 heterocycles. The van der Waals surface area contributed by atoms with Crippen LogP contribution >= 0.6 is 0 Å². The number of nitrogens with one attached hydrogen (secondary N) is 4. The summed E-state index contributed by atoms with van der Waals surface area (Å²) in [6, 6.07) is -4.14. The van der Waals surface area contributed by atoms with Gasteiger partial charge in [0, 0.05) is 24.7 Å². The van der Waals surface area contributed by atoms with E-state index in [-0.39, 0.29) is 19.3 Å². The number of hydrogen-bond donors (Lipinski definition) is 8. The summed E-state index contributed by atoms with van der Waals surface area (Å²) in [5, 5.41) is 24.3. The lowest BCUT2D eigenvalue weighted by Gasteiger charge is -2.21. The predicted octanol–water partition coefficient (Wildman–Crippen LogP) is -3.81.